The Hall–Kier alpha value is -2.30. The quantitative estimate of drug-likeness (QED) is 0.241. The number of aromatic nitrogens is 3. The number of hydrogen-bond acceptors (Lipinski definition) is 5. The number of nitrogens with zero attached hydrogens (tertiary/aromatic N) is 6. The Morgan fingerprint density at radius 1 is 1.23 bits per heavy atom. The van der Waals surface area contributed by atoms with Gasteiger partial charge in [-0.3, -0.25) is 0 Å². The number of anilines is 1. The SMILES string of the molecule is C=C(C)CN=C(NCCn1cnnc1CC)N1CCN(c2ccccc2OC)CC1.I. The van der Waals surface area contributed by atoms with Crippen LogP contribution in [-0.4, -0.2) is 72.0 Å². The zero-order valence-corrected chi connectivity index (χ0v) is 21.1. The summed E-state index contributed by atoms with van der Waals surface area (Å²) in [6, 6.07) is 8.19. The van der Waals surface area contributed by atoms with Crippen LogP contribution in [0.1, 0.15) is 19.7 Å². The lowest BCUT2D eigenvalue weighted by Crippen LogP contribution is -2.53. The molecule has 1 N–H and O–H groups in total. The molecule has 0 aliphatic carbocycles. The molecule has 1 fully saturated rings. The number of benzene rings is 1. The van der Waals surface area contributed by atoms with Crippen LogP contribution >= 0.6 is 24.0 Å². The highest BCUT2D eigenvalue weighted by atomic mass is 127. The molecule has 1 saturated heterocycles. The summed E-state index contributed by atoms with van der Waals surface area (Å²) in [7, 11) is 1.72. The van der Waals surface area contributed by atoms with Crippen molar-refractivity contribution in [1.29, 1.82) is 0 Å². The molecule has 8 nitrogen and oxygen atoms in total. The van der Waals surface area contributed by atoms with Gasteiger partial charge in [-0.2, -0.15) is 0 Å². The third kappa shape index (κ3) is 6.84. The van der Waals surface area contributed by atoms with Crippen LogP contribution in [0.25, 0.3) is 0 Å². The van der Waals surface area contributed by atoms with Gasteiger partial charge in [0.15, 0.2) is 5.96 Å². The number of piperazine rings is 1. The van der Waals surface area contributed by atoms with E-state index < -0.39 is 0 Å². The third-order valence-corrected chi connectivity index (χ3v) is 5.15. The summed E-state index contributed by atoms with van der Waals surface area (Å²) in [6.07, 6.45) is 2.67. The fourth-order valence-electron chi connectivity index (χ4n) is 3.56. The van der Waals surface area contributed by atoms with E-state index in [1.54, 1.807) is 13.4 Å². The van der Waals surface area contributed by atoms with Crippen molar-refractivity contribution in [3.05, 3.63) is 48.6 Å². The van der Waals surface area contributed by atoms with Crippen LogP contribution < -0.4 is 15.0 Å². The minimum atomic E-state index is 0. The minimum absolute atomic E-state index is 0. The predicted molar refractivity (Wildman–Crippen MR) is 137 cm³/mol. The highest BCUT2D eigenvalue weighted by molar-refractivity contribution is 14.0. The minimum Gasteiger partial charge on any atom is -0.495 e. The van der Waals surface area contributed by atoms with Crippen LogP contribution in [0.2, 0.25) is 0 Å². The van der Waals surface area contributed by atoms with Gasteiger partial charge in [0.1, 0.15) is 17.9 Å². The van der Waals surface area contributed by atoms with Gasteiger partial charge in [0.2, 0.25) is 0 Å². The Kier molecular flexibility index (Phi) is 10.1. The number of ether oxygens (including phenoxy) is 1. The second-order valence-electron chi connectivity index (χ2n) is 7.46. The van der Waals surface area contributed by atoms with Gasteiger partial charge in [-0.25, -0.2) is 4.99 Å². The van der Waals surface area contributed by atoms with Crippen LogP contribution in [0.3, 0.4) is 0 Å². The van der Waals surface area contributed by atoms with Crippen LogP contribution in [0, 0.1) is 0 Å². The van der Waals surface area contributed by atoms with Gasteiger partial charge in [0.25, 0.3) is 0 Å². The average Bonchev–Trinajstić information content (AvgIpc) is 3.23. The molecule has 170 valence electrons. The normalized spacial score (nSPS) is 14.2. The summed E-state index contributed by atoms with van der Waals surface area (Å²) in [5.74, 6) is 2.85. The average molecular weight is 539 g/mol. The topological polar surface area (TPSA) is 70.8 Å². The molecule has 2 aromatic rings. The number of aryl methyl sites for hydroxylation is 1. The number of halogens is 1. The van der Waals surface area contributed by atoms with E-state index in [0.29, 0.717) is 6.54 Å². The molecule has 1 aliphatic heterocycles. The fourth-order valence-corrected chi connectivity index (χ4v) is 3.56. The van der Waals surface area contributed by atoms with E-state index in [0.717, 1.165) is 74.5 Å². The highest BCUT2D eigenvalue weighted by Gasteiger charge is 2.21. The number of aliphatic imine (C=N–C) groups is 1. The van der Waals surface area contributed by atoms with E-state index in [4.69, 9.17) is 9.73 Å². The van der Waals surface area contributed by atoms with Crippen molar-refractivity contribution < 1.29 is 4.74 Å². The molecule has 31 heavy (non-hydrogen) atoms. The Morgan fingerprint density at radius 2 is 1.97 bits per heavy atom. The monoisotopic (exact) mass is 539 g/mol. The van der Waals surface area contributed by atoms with Crippen LogP contribution in [-0.2, 0) is 13.0 Å². The zero-order chi connectivity index (χ0) is 21.3. The lowest BCUT2D eigenvalue weighted by Gasteiger charge is -2.38. The van der Waals surface area contributed by atoms with Crippen molar-refractivity contribution in [3.8, 4) is 5.75 Å². The summed E-state index contributed by atoms with van der Waals surface area (Å²) in [6.45, 7) is 13.9. The molecule has 1 aliphatic rings. The van der Waals surface area contributed by atoms with Gasteiger partial charge in [-0.15, -0.1) is 34.2 Å². The van der Waals surface area contributed by atoms with Crippen molar-refractivity contribution in [3.63, 3.8) is 0 Å². The molecule has 1 aromatic heterocycles. The molecule has 0 amide bonds. The van der Waals surface area contributed by atoms with Crippen molar-refractivity contribution in [2.75, 3.05) is 51.3 Å². The summed E-state index contributed by atoms with van der Waals surface area (Å²) in [5, 5.41) is 11.7. The lowest BCUT2D eigenvalue weighted by atomic mass is 10.2. The first-order chi connectivity index (χ1) is 14.6. The van der Waals surface area contributed by atoms with E-state index in [9.17, 15) is 0 Å². The van der Waals surface area contributed by atoms with Crippen LogP contribution in [0.5, 0.6) is 5.75 Å². The number of para-hydroxylation sites is 2. The first kappa shape index (κ1) is 25.0. The Morgan fingerprint density at radius 3 is 2.65 bits per heavy atom. The third-order valence-electron chi connectivity index (χ3n) is 5.15. The van der Waals surface area contributed by atoms with Gasteiger partial charge < -0.3 is 24.4 Å². The predicted octanol–water partition coefficient (Wildman–Crippen LogP) is 2.81. The van der Waals surface area contributed by atoms with Crippen LogP contribution in [0.15, 0.2) is 47.7 Å². The van der Waals surface area contributed by atoms with Crippen molar-refractivity contribution in [2.45, 2.75) is 26.8 Å². The summed E-state index contributed by atoms with van der Waals surface area (Å²) < 4.78 is 7.62. The van der Waals surface area contributed by atoms with E-state index in [1.807, 2.05) is 19.1 Å². The first-order valence-corrected chi connectivity index (χ1v) is 10.5. The number of hydrogen-bond donors (Lipinski definition) is 1. The van der Waals surface area contributed by atoms with E-state index in [1.165, 1.54) is 0 Å². The fraction of sp³-hybridized carbons (Fsp3) is 0.500. The molecule has 0 bridgehead atoms. The Labute approximate surface area is 202 Å². The molecular formula is C22H34IN7O. The van der Waals surface area contributed by atoms with Crippen LogP contribution in [0.4, 0.5) is 5.69 Å². The number of nitrogens with one attached hydrogen (secondary N) is 1. The largest absolute Gasteiger partial charge is 0.495 e. The lowest BCUT2D eigenvalue weighted by molar-refractivity contribution is 0.366. The maximum absolute atomic E-state index is 5.53. The summed E-state index contributed by atoms with van der Waals surface area (Å²) in [5.41, 5.74) is 2.20. The van der Waals surface area contributed by atoms with Gasteiger partial charge in [0.05, 0.1) is 19.3 Å². The molecule has 1 aromatic carbocycles. The Bertz CT molecular complexity index is 859. The van der Waals surface area contributed by atoms with E-state index >= 15 is 0 Å². The molecule has 0 unspecified atom stereocenters. The van der Waals surface area contributed by atoms with Gasteiger partial charge in [-0.05, 0) is 19.1 Å². The molecule has 2 heterocycles. The van der Waals surface area contributed by atoms with E-state index in [-0.39, 0.29) is 24.0 Å². The maximum atomic E-state index is 5.53. The number of guanidine groups is 1. The molecule has 0 radical (unpaired) electrons. The molecule has 9 heteroatoms. The maximum Gasteiger partial charge on any atom is 0.194 e. The summed E-state index contributed by atoms with van der Waals surface area (Å²) >= 11 is 0. The van der Waals surface area contributed by atoms with Crippen molar-refractivity contribution in [2.24, 2.45) is 4.99 Å². The van der Waals surface area contributed by atoms with E-state index in [2.05, 4.69) is 55.5 Å². The highest BCUT2D eigenvalue weighted by Crippen LogP contribution is 2.28. The number of methoxy groups -OCH3 is 1. The Balaban J connectivity index is 0.00000341. The smallest absolute Gasteiger partial charge is 0.194 e. The molecular weight excluding hydrogens is 505 g/mol. The van der Waals surface area contributed by atoms with Gasteiger partial charge in [0, 0.05) is 45.7 Å². The number of rotatable bonds is 8. The van der Waals surface area contributed by atoms with Gasteiger partial charge >= 0.3 is 0 Å². The summed E-state index contributed by atoms with van der Waals surface area (Å²) in [4.78, 5) is 9.48. The van der Waals surface area contributed by atoms with Crippen molar-refractivity contribution in [1.82, 2.24) is 25.0 Å². The second kappa shape index (κ2) is 12.5. The second-order valence-corrected chi connectivity index (χ2v) is 7.46. The molecule has 3 rings (SSSR count). The molecule has 0 spiro atoms. The molecule has 0 saturated carbocycles. The van der Waals surface area contributed by atoms with Crippen molar-refractivity contribution >= 4 is 35.6 Å². The first-order valence-electron chi connectivity index (χ1n) is 10.5. The zero-order valence-electron chi connectivity index (χ0n) is 18.8. The standard InChI is InChI=1S/C22H33N7O.HI/c1-5-21-26-25-17-29(21)11-10-23-22(24-16-18(2)3)28-14-12-27(13-15-28)19-8-6-7-9-20(19)30-4;/h6-9,17H,2,5,10-16H2,1,3-4H3,(H,23,24);1H. The van der Waals surface area contributed by atoms with Gasteiger partial charge in [-0.1, -0.05) is 31.2 Å². The molecule has 0 atom stereocenters.